The molecule has 1 amide bonds. The summed E-state index contributed by atoms with van der Waals surface area (Å²) in [5, 5.41) is 21.4. The molecule has 1 unspecified atom stereocenters. The zero-order valence-corrected chi connectivity index (χ0v) is 11.7. The van der Waals surface area contributed by atoms with E-state index in [2.05, 4.69) is 5.32 Å². The highest BCUT2D eigenvalue weighted by atomic mass is 32.2. The van der Waals surface area contributed by atoms with E-state index >= 15 is 0 Å². The number of hydrogen-bond acceptors (Lipinski definition) is 6. The first kappa shape index (κ1) is 15.3. The van der Waals surface area contributed by atoms with Crippen LogP contribution in [0.15, 0.2) is 29.2 Å². The van der Waals surface area contributed by atoms with E-state index in [-0.39, 0.29) is 23.5 Å². The molecule has 1 atom stereocenters. The van der Waals surface area contributed by atoms with Crippen molar-refractivity contribution in [3.05, 3.63) is 29.8 Å². The quantitative estimate of drug-likeness (QED) is 0.712. The van der Waals surface area contributed by atoms with Crippen molar-refractivity contribution in [1.82, 2.24) is 10.2 Å². The van der Waals surface area contributed by atoms with Crippen LogP contribution in [0.5, 0.6) is 0 Å². The first-order valence-electron chi connectivity index (χ1n) is 6.09. The van der Waals surface area contributed by atoms with Crippen molar-refractivity contribution in [2.75, 3.05) is 19.6 Å². The molecule has 0 spiro atoms. The van der Waals surface area contributed by atoms with Crippen molar-refractivity contribution in [1.29, 1.82) is 0 Å². The Balaban J connectivity index is 2.35. The average molecular weight is 313 g/mol. The van der Waals surface area contributed by atoms with Gasteiger partial charge in [0, 0.05) is 19.6 Å². The predicted molar refractivity (Wildman–Crippen MR) is 69.3 cm³/mol. The molecule has 2 N–H and O–H groups in total. The summed E-state index contributed by atoms with van der Waals surface area (Å²) < 4.78 is 24.9. The van der Waals surface area contributed by atoms with Gasteiger partial charge in [0.2, 0.25) is 9.84 Å². The van der Waals surface area contributed by atoms with Crippen molar-refractivity contribution in [3.63, 3.8) is 0 Å². The smallest absolute Gasteiger partial charge is 0.335 e. The number of carbonyl (C=O) groups excluding carboxylic acids is 1. The first-order valence-corrected chi connectivity index (χ1v) is 7.64. The molecule has 1 aromatic carbocycles. The van der Waals surface area contributed by atoms with Crippen LogP contribution in [0.2, 0.25) is 0 Å². The molecular weight excluding hydrogens is 300 g/mol. The van der Waals surface area contributed by atoms with Crippen LogP contribution < -0.4 is 10.4 Å². The molecule has 0 radical (unpaired) electrons. The predicted octanol–water partition coefficient (Wildman–Crippen LogP) is -1.27. The minimum atomic E-state index is -3.95. The van der Waals surface area contributed by atoms with Crippen molar-refractivity contribution in [2.24, 2.45) is 0 Å². The van der Waals surface area contributed by atoms with Crippen LogP contribution in [0.3, 0.4) is 0 Å². The lowest BCUT2D eigenvalue weighted by Crippen LogP contribution is -2.59. The number of benzene rings is 1. The van der Waals surface area contributed by atoms with Crippen molar-refractivity contribution >= 4 is 21.9 Å². The number of piperazine rings is 1. The summed E-state index contributed by atoms with van der Waals surface area (Å²) in [4.78, 5) is 22.4. The summed E-state index contributed by atoms with van der Waals surface area (Å²) >= 11 is 0. The Morgan fingerprint density at radius 3 is 2.43 bits per heavy atom. The number of nitrogens with one attached hydrogen (secondary N) is 1. The van der Waals surface area contributed by atoms with Gasteiger partial charge in [-0.25, -0.2) is 13.2 Å². The van der Waals surface area contributed by atoms with Gasteiger partial charge in [0.15, 0.2) is 0 Å². The van der Waals surface area contributed by atoms with Gasteiger partial charge in [0.1, 0.15) is 11.5 Å². The lowest BCUT2D eigenvalue weighted by Gasteiger charge is -2.37. The largest absolute Gasteiger partial charge is 0.530 e. The first-order chi connectivity index (χ1) is 9.84. The molecular formula is C12H13N2O6S-. The normalized spacial score (nSPS) is 19.2. The molecule has 9 heteroatoms. The number of sulfone groups is 1. The lowest BCUT2D eigenvalue weighted by atomic mass is 10.2. The van der Waals surface area contributed by atoms with Crippen LogP contribution in [-0.2, 0) is 9.84 Å². The Hall–Kier alpha value is -2.13. The van der Waals surface area contributed by atoms with Crippen molar-refractivity contribution < 1.29 is 28.2 Å². The number of hydrogen-bond donors (Lipinski definition) is 2. The fourth-order valence-corrected chi connectivity index (χ4v) is 3.80. The topological polar surface area (TPSA) is 127 Å². The Labute approximate surface area is 120 Å². The number of aromatic carboxylic acids is 1. The highest BCUT2D eigenvalue weighted by Gasteiger charge is 2.35. The standard InChI is InChI=1S/C12H14N2O6S/c15-11(16)8-1-3-9(4-2-8)21(19,20)10-7-13-5-6-14(10)12(17)18/h1-4,10,13H,5-7H2,(H,15,16)(H,17,18)/p-1. The van der Waals surface area contributed by atoms with Gasteiger partial charge in [0.25, 0.3) is 0 Å². The number of carboxylic acids is 1. The van der Waals surface area contributed by atoms with Gasteiger partial charge >= 0.3 is 5.97 Å². The van der Waals surface area contributed by atoms with E-state index in [9.17, 15) is 23.1 Å². The van der Waals surface area contributed by atoms with Gasteiger partial charge < -0.3 is 25.2 Å². The fraction of sp³-hybridized carbons (Fsp3) is 0.333. The van der Waals surface area contributed by atoms with Crippen molar-refractivity contribution in [2.45, 2.75) is 10.3 Å². The summed E-state index contributed by atoms with van der Waals surface area (Å²) in [5.74, 6) is -1.17. The van der Waals surface area contributed by atoms with Gasteiger partial charge in [-0.3, -0.25) is 0 Å². The van der Waals surface area contributed by atoms with Gasteiger partial charge in [0.05, 0.1) is 10.5 Å². The zero-order valence-electron chi connectivity index (χ0n) is 10.9. The average Bonchev–Trinajstić information content (AvgIpc) is 2.47. The van der Waals surface area contributed by atoms with Gasteiger partial charge in [-0.1, -0.05) is 0 Å². The van der Waals surface area contributed by atoms with E-state index < -0.39 is 27.3 Å². The molecule has 0 aliphatic carbocycles. The van der Waals surface area contributed by atoms with E-state index in [0.29, 0.717) is 6.54 Å². The highest BCUT2D eigenvalue weighted by molar-refractivity contribution is 7.92. The maximum absolute atomic E-state index is 12.5. The van der Waals surface area contributed by atoms with E-state index in [1.165, 1.54) is 0 Å². The second-order valence-corrected chi connectivity index (χ2v) is 6.60. The molecule has 1 fully saturated rings. The fourth-order valence-electron chi connectivity index (χ4n) is 2.11. The lowest BCUT2D eigenvalue weighted by molar-refractivity contribution is -0.267. The third-order valence-corrected chi connectivity index (χ3v) is 5.29. The highest BCUT2D eigenvalue weighted by Crippen LogP contribution is 2.20. The molecule has 1 aliphatic heterocycles. The molecule has 0 aromatic heterocycles. The van der Waals surface area contributed by atoms with E-state index in [1.54, 1.807) is 0 Å². The Morgan fingerprint density at radius 2 is 1.90 bits per heavy atom. The molecule has 2 rings (SSSR count). The second-order valence-electron chi connectivity index (χ2n) is 4.49. The molecule has 21 heavy (non-hydrogen) atoms. The number of carboxylic acid groups (broad SMARTS) is 2. The minimum absolute atomic E-state index is 0.0133. The van der Waals surface area contributed by atoms with Crippen LogP contribution in [0.25, 0.3) is 0 Å². The molecule has 1 aromatic rings. The number of nitrogens with zero attached hydrogens (tertiary/aromatic N) is 1. The monoisotopic (exact) mass is 313 g/mol. The van der Waals surface area contributed by atoms with Crippen LogP contribution in [0, 0.1) is 0 Å². The molecule has 1 aliphatic rings. The van der Waals surface area contributed by atoms with E-state index in [1.807, 2.05) is 0 Å². The van der Waals surface area contributed by atoms with Crippen molar-refractivity contribution in [3.8, 4) is 0 Å². The summed E-state index contributed by atoms with van der Waals surface area (Å²) in [5.41, 5.74) is -0.0486. The molecule has 1 heterocycles. The Kier molecular flexibility index (Phi) is 4.14. The number of carbonyl (C=O) groups is 2. The second kappa shape index (κ2) is 5.70. The molecule has 114 valence electrons. The summed E-state index contributed by atoms with van der Waals surface area (Å²) in [6, 6.07) is 4.63. The third kappa shape index (κ3) is 2.98. The molecule has 0 bridgehead atoms. The maximum atomic E-state index is 12.5. The summed E-state index contributed by atoms with van der Waals surface area (Å²) in [6.45, 7) is 0.314. The number of rotatable bonds is 3. The third-order valence-electron chi connectivity index (χ3n) is 3.22. The maximum Gasteiger partial charge on any atom is 0.335 e. The van der Waals surface area contributed by atoms with E-state index in [4.69, 9.17) is 5.11 Å². The Morgan fingerprint density at radius 1 is 1.29 bits per heavy atom. The molecule has 8 nitrogen and oxygen atoms in total. The van der Waals surface area contributed by atoms with Crippen LogP contribution in [-0.4, -0.2) is 55.5 Å². The van der Waals surface area contributed by atoms with Gasteiger partial charge in [-0.05, 0) is 24.3 Å². The SMILES string of the molecule is O=C(O)c1ccc(S(=O)(=O)C2CNCCN2C(=O)[O-])cc1. The van der Waals surface area contributed by atoms with Gasteiger partial charge in [-0.15, -0.1) is 0 Å². The van der Waals surface area contributed by atoms with Crippen LogP contribution in [0.1, 0.15) is 10.4 Å². The summed E-state index contributed by atoms with van der Waals surface area (Å²) in [7, 11) is -3.95. The van der Waals surface area contributed by atoms with Gasteiger partial charge in [-0.2, -0.15) is 0 Å². The van der Waals surface area contributed by atoms with Crippen LogP contribution >= 0.6 is 0 Å². The minimum Gasteiger partial charge on any atom is -0.530 e. The van der Waals surface area contributed by atoms with E-state index in [0.717, 1.165) is 29.2 Å². The molecule has 1 saturated heterocycles. The zero-order chi connectivity index (χ0) is 15.6. The number of amides is 1. The molecule has 0 saturated carbocycles. The Bertz CT molecular complexity index is 655. The summed E-state index contributed by atoms with van der Waals surface area (Å²) in [6.07, 6.45) is -1.55. The van der Waals surface area contributed by atoms with Crippen LogP contribution in [0.4, 0.5) is 4.79 Å².